The molecule has 1 aromatic heterocycles. The number of carbonyl (C=O) groups is 1. The van der Waals surface area contributed by atoms with Crippen molar-refractivity contribution in [1.29, 1.82) is 0 Å². The second-order valence-electron chi connectivity index (χ2n) is 3.17. The maximum atomic E-state index is 13.6. The molecule has 0 saturated heterocycles. The highest BCUT2D eigenvalue weighted by Gasteiger charge is 2.08. The molecule has 0 aliphatic heterocycles. The molecule has 0 aliphatic rings. The smallest absolute Gasteiger partial charge is 0.160 e. The van der Waals surface area contributed by atoms with E-state index in [0.29, 0.717) is 9.77 Å². The summed E-state index contributed by atoms with van der Waals surface area (Å²) in [6.45, 7) is 0. The second kappa shape index (κ2) is 4.80. The molecule has 0 fully saturated rings. The molecule has 0 saturated carbocycles. The number of halogens is 1. The Morgan fingerprint density at radius 3 is 2.81 bits per heavy atom. The fourth-order valence-corrected chi connectivity index (χ4v) is 2.66. The lowest BCUT2D eigenvalue weighted by atomic mass is 10.1. The van der Waals surface area contributed by atoms with E-state index in [9.17, 15) is 9.18 Å². The molecule has 1 nitrogen and oxygen atoms in total. The van der Waals surface area contributed by atoms with Crippen LogP contribution in [-0.4, -0.2) is 12.5 Å². The van der Waals surface area contributed by atoms with Gasteiger partial charge in [0.1, 0.15) is 5.82 Å². The number of carbonyl (C=O) groups excluding carboxylic acids is 1. The summed E-state index contributed by atoms with van der Waals surface area (Å²) >= 11 is 2.73. The zero-order valence-electron chi connectivity index (χ0n) is 8.57. The lowest BCUT2D eigenvalue weighted by Crippen LogP contribution is -1.85. The van der Waals surface area contributed by atoms with Crippen molar-refractivity contribution in [2.45, 2.75) is 4.90 Å². The SMILES string of the molecule is CSc1ccc(-c2ccsc2C=O)cc1F. The van der Waals surface area contributed by atoms with Crippen LogP contribution in [0.5, 0.6) is 0 Å². The van der Waals surface area contributed by atoms with E-state index in [1.165, 1.54) is 29.2 Å². The van der Waals surface area contributed by atoms with Gasteiger partial charge in [-0.05, 0) is 35.4 Å². The Labute approximate surface area is 101 Å². The minimum absolute atomic E-state index is 0.243. The zero-order valence-corrected chi connectivity index (χ0v) is 10.2. The number of benzene rings is 1. The van der Waals surface area contributed by atoms with Gasteiger partial charge in [0.2, 0.25) is 0 Å². The van der Waals surface area contributed by atoms with Gasteiger partial charge in [-0.1, -0.05) is 6.07 Å². The van der Waals surface area contributed by atoms with E-state index >= 15 is 0 Å². The van der Waals surface area contributed by atoms with Gasteiger partial charge < -0.3 is 0 Å². The number of rotatable bonds is 3. The van der Waals surface area contributed by atoms with Crippen molar-refractivity contribution in [3.05, 3.63) is 40.3 Å². The highest BCUT2D eigenvalue weighted by molar-refractivity contribution is 7.98. The molecule has 4 heteroatoms. The maximum Gasteiger partial charge on any atom is 0.160 e. The molecule has 0 unspecified atom stereocenters. The van der Waals surface area contributed by atoms with E-state index < -0.39 is 0 Å². The molecule has 0 atom stereocenters. The normalized spacial score (nSPS) is 10.4. The first-order chi connectivity index (χ1) is 7.76. The Balaban J connectivity index is 2.49. The number of hydrogen-bond acceptors (Lipinski definition) is 3. The summed E-state index contributed by atoms with van der Waals surface area (Å²) in [5, 5.41) is 1.83. The fourth-order valence-electron chi connectivity index (χ4n) is 1.48. The Bertz CT molecular complexity index is 519. The summed E-state index contributed by atoms with van der Waals surface area (Å²) in [5.41, 5.74) is 1.55. The summed E-state index contributed by atoms with van der Waals surface area (Å²) in [6, 6.07) is 6.88. The molecule has 0 radical (unpaired) electrons. The molecular weight excluding hydrogens is 243 g/mol. The molecule has 0 N–H and O–H groups in total. The molecule has 16 heavy (non-hydrogen) atoms. The number of aldehydes is 1. The molecule has 2 aromatic rings. The van der Waals surface area contributed by atoms with Crippen LogP contribution in [0.1, 0.15) is 9.67 Å². The molecule has 82 valence electrons. The Hall–Kier alpha value is -1.13. The monoisotopic (exact) mass is 252 g/mol. The average molecular weight is 252 g/mol. The highest BCUT2D eigenvalue weighted by Crippen LogP contribution is 2.30. The van der Waals surface area contributed by atoms with Gasteiger partial charge in [0.05, 0.1) is 4.88 Å². The third-order valence-corrected chi connectivity index (χ3v) is 3.88. The van der Waals surface area contributed by atoms with Gasteiger partial charge in [-0.3, -0.25) is 4.79 Å². The maximum absolute atomic E-state index is 13.6. The van der Waals surface area contributed by atoms with Crippen LogP contribution in [0.15, 0.2) is 34.5 Å². The standard InChI is InChI=1S/C12H9FOS2/c1-15-11-3-2-8(6-10(11)13)9-4-5-16-12(9)7-14/h2-7H,1H3. The van der Waals surface area contributed by atoms with Crippen molar-refractivity contribution in [3.8, 4) is 11.1 Å². The Kier molecular flexibility index (Phi) is 3.41. The van der Waals surface area contributed by atoms with Gasteiger partial charge in [0.15, 0.2) is 6.29 Å². The number of thioether (sulfide) groups is 1. The minimum atomic E-state index is -0.243. The van der Waals surface area contributed by atoms with Crippen LogP contribution in [0.3, 0.4) is 0 Å². The highest BCUT2D eigenvalue weighted by atomic mass is 32.2. The molecule has 0 aliphatic carbocycles. The summed E-state index contributed by atoms with van der Waals surface area (Å²) in [6.07, 6.45) is 2.64. The summed E-state index contributed by atoms with van der Waals surface area (Å²) in [4.78, 5) is 12.0. The van der Waals surface area contributed by atoms with Crippen molar-refractivity contribution in [2.24, 2.45) is 0 Å². The quantitative estimate of drug-likeness (QED) is 0.604. The minimum Gasteiger partial charge on any atom is -0.297 e. The van der Waals surface area contributed by atoms with E-state index in [4.69, 9.17) is 0 Å². The molecule has 0 bridgehead atoms. The third-order valence-electron chi connectivity index (χ3n) is 2.27. The first-order valence-electron chi connectivity index (χ1n) is 4.63. The predicted molar refractivity (Wildman–Crippen MR) is 66.9 cm³/mol. The summed E-state index contributed by atoms with van der Waals surface area (Å²) in [7, 11) is 0. The largest absolute Gasteiger partial charge is 0.297 e. The zero-order chi connectivity index (χ0) is 11.5. The van der Waals surface area contributed by atoms with E-state index in [-0.39, 0.29) is 5.82 Å². The van der Waals surface area contributed by atoms with Gasteiger partial charge in [-0.15, -0.1) is 23.1 Å². The second-order valence-corrected chi connectivity index (χ2v) is 4.96. The van der Waals surface area contributed by atoms with E-state index in [2.05, 4.69) is 0 Å². The van der Waals surface area contributed by atoms with Crippen LogP contribution < -0.4 is 0 Å². The fraction of sp³-hybridized carbons (Fsp3) is 0.0833. The topological polar surface area (TPSA) is 17.1 Å². The van der Waals surface area contributed by atoms with Crippen LogP contribution in [0.4, 0.5) is 4.39 Å². The Morgan fingerprint density at radius 1 is 1.38 bits per heavy atom. The summed E-state index contributed by atoms with van der Waals surface area (Å²) in [5.74, 6) is -0.243. The molecular formula is C12H9FOS2. The summed E-state index contributed by atoms with van der Waals surface area (Å²) < 4.78 is 13.6. The molecule has 1 aromatic carbocycles. The van der Waals surface area contributed by atoms with Crippen LogP contribution in [0.25, 0.3) is 11.1 Å². The van der Waals surface area contributed by atoms with Gasteiger partial charge in [-0.2, -0.15) is 0 Å². The molecule has 0 spiro atoms. The lowest BCUT2D eigenvalue weighted by molar-refractivity contribution is 0.112. The first kappa shape index (κ1) is 11.4. The van der Waals surface area contributed by atoms with Crippen molar-refractivity contribution < 1.29 is 9.18 Å². The van der Waals surface area contributed by atoms with E-state index in [1.807, 2.05) is 23.8 Å². The van der Waals surface area contributed by atoms with Gasteiger partial charge in [0, 0.05) is 10.5 Å². The number of hydrogen-bond donors (Lipinski definition) is 0. The predicted octanol–water partition coefficient (Wildman–Crippen LogP) is 4.09. The van der Waals surface area contributed by atoms with Crippen LogP contribution in [0.2, 0.25) is 0 Å². The van der Waals surface area contributed by atoms with Gasteiger partial charge >= 0.3 is 0 Å². The van der Waals surface area contributed by atoms with E-state index in [0.717, 1.165) is 17.4 Å². The lowest BCUT2D eigenvalue weighted by Gasteiger charge is -2.03. The van der Waals surface area contributed by atoms with Gasteiger partial charge in [0.25, 0.3) is 0 Å². The van der Waals surface area contributed by atoms with Gasteiger partial charge in [-0.25, -0.2) is 4.39 Å². The first-order valence-corrected chi connectivity index (χ1v) is 6.73. The van der Waals surface area contributed by atoms with Crippen molar-refractivity contribution in [1.82, 2.24) is 0 Å². The van der Waals surface area contributed by atoms with Crippen LogP contribution >= 0.6 is 23.1 Å². The van der Waals surface area contributed by atoms with Crippen molar-refractivity contribution >= 4 is 29.4 Å². The molecule has 2 rings (SSSR count). The van der Waals surface area contributed by atoms with Crippen molar-refractivity contribution in [2.75, 3.05) is 6.26 Å². The Morgan fingerprint density at radius 2 is 2.19 bits per heavy atom. The molecule has 1 heterocycles. The van der Waals surface area contributed by atoms with Crippen LogP contribution in [0, 0.1) is 5.82 Å². The van der Waals surface area contributed by atoms with Crippen molar-refractivity contribution in [3.63, 3.8) is 0 Å². The van der Waals surface area contributed by atoms with E-state index in [1.54, 1.807) is 6.07 Å². The molecule has 0 amide bonds. The van der Waals surface area contributed by atoms with Crippen LogP contribution in [-0.2, 0) is 0 Å². The number of thiophene rings is 1. The third kappa shape index (κ3) is 2.03. The average Bonchev–Trinajstić information content (AvgIpc) is 2.77.